The number of nitrogens with one attached hydrogen (secondary N) is 1. The first-order valence-electron chi connectivity index (χ1n) is 5.70. The summed E-state index contributed by atoms with van der Waals surface area (Å²) in [5.41, 5.74) is 7.26. The summed E-state index contributed by atoms with van der Waals surface area (Å²) in [6.45, 7) is 1.13. The van der Waals surface area contributed by atoms with Gasteiger partial charge in [0.15, 0.2) is 0 Å². The van der Waals surface area contributed by atoms with Gasteiger partial charge >= 0.3 is 0 Å². The second kappa shape index (κ2) is 5.81. The van der Waals surface area contributed by atoms with E-state index < -0.39 is 0 Å². The average molecular weight is 245 g/mol. The number of para-hydroxylation sites is 1. The number of anilines is 1. The number of aromatic nitrogens is 3. The Morgan fingerprint density at radius 2 is 2.22 bits per heavy atom. The smallest absolute Gasteiger partial charge is 0.224 e. The number of nitrogens with two attached hydrogens (primary N) is 1. The Hall–Kier alpha value is -2.37. The monoisotopic (exact) mass is 245 g/mol. The minimum Gasteiger partial charge on any atom is -0.398 e. The standard InChI is InChI=1S/C12H15N5O/c13-11-4-2-1-3-10(11)9-12(18)14-5-7-17-8-6-15-16-17/h1-4,6,8H,5,7,9,13H2,(H,14,18). The summed E-state index contributed by atoms with van der Waals surface area (Å²) in [7, 11) is 0. The summed E-state index contributed by atoms with van der Waals surface area (Å²) in [5.74, 6) is -0.0481. The molecular formula is C12H15N5O. The molecule has 94 valence electrons. The lowest BCUT2D eigenvalue weighted by Gasteiger charge is -2.07. The zero-order chi connectivity index (χ0) is 12.8. The molecule has 6 heteroatoms. The van der Waals surface area contributed by atoms with Crippen molar-refractivity contribution in [2.75, 3.05) is 12.3 Å². The Labute approximate surface area is 105 Å². The molecule has 0 bridgehead atoms. The maximum absolute atomic E-state index is 11.7. The molecule has 0 saturated carbocycles. The molecule has 1 heterocycles. The fourth-order valence-electron chi connectivity index (χ4n) is 1.59. The van der Waals surface area contributed by atoms with Gasteiger partial charge < -0.3 is 11.1 Å². The molecule has 0 spiro atoms. The predicted molar refractivity (Wildman–Crippen MR) is 67.6 cm³/mol. The second-order valence-corrected chi connectivity index (χ2v) is 3.89. The molecule has 0 unspecified atom stereocenters. The van der Waals surface area contributed by atoms with E-state index in [-0.39, 0.29) is 5.91 Å². The number of benzene rings is 1. The fraction of sp³-hybridized carbons (Fsp3) is 0.250. The van der Waals surface area contributed by atoms with Crippen LogP contribution >= 0.6 is 0 Å². The van der Waals surface area contributed by atoms with E-state index in [0.717, 1.165) is 5.56 Å². The Bertz CT molecular complexity index is 509. The Morgan fingerprint density at radius 1 is 1.39 bits per heavy atom. The SMILES string of the molecule is Nc1ccccc1CC(=O)NCCn1ccnn1. The topological polar surface area (TPSA) is 85.8 Å². The summed E-state index contributed by atoms with van der Waals surface area (Å²) in [4.78, 5) is 11.7. The number of nitrogens with zero attached hydrogens (tertiary/aromatic N) is 3. The van der Waals surface area contributed by atoms with Gasteiger partial charge in [-0.25, -0.2) is 0 Å². The van der Waals surface area contributed by atoms with E-state index in [1.165, 1.54) is 0 Å². The lowest BCUT2D eigenvalue weighted by molar-refractivity contribution is -0.120. The Morgan fingerprint density at radius 3 is 2.94 bits per heavy atom. The van der Waals surface area contributed by atoms with Crippen molar-refractivity contribution >= 4 is 11.6 Å². The van der Waals surface area contributed by atoms with E-state index in [0.29, 0.717) is 25.2 Å². The van der Waals surface area contributed by atoms with Crippen molar-refractivity contribution in [3.63, 3.8) is 0 Å². The zero-order valence-electron chi connectivity index (χ0n) is 9.91. The molecule has 2 aromatic rings. The minimum absolute atomic E-state index is 0.0481. The van der Waals surface area contributed by atoms with Gasteiger partial charge in [-0.3, -0.25) is 9.48 Å². The van der Waals surface area contributed by atoms with Crippen LogP contribution in [0.2, 0.25) is 0 Å². The first-order valence-corrected chi connectivity index (χ1v) is 5.70. The molecule has 6 nitrogen and oxygen atoms in total. The van der Waals surface area contributed by atoms with Gasteiger partial charge in [0, 0.05) is 18.4 Å². The molecule has 0 fully saturated rings. The Kier molecular flexibility index (Phi) is 3.90. The van der Waals surface area contributed by atoms with Crippen molar-refractivity contribution < 1.29 is 4.79 Å². The van der Waals surface area contributed by atoms with Gasteiger partial charge in [0.1, 0.15) is 0 Å². The van der Waals surface area contributed by atoms with E-state index in [1.54, 1.807) is 23.1 Å². The summed E-state index contributed by atoms with van der Waals surface area (Å²) >= 11 is 0. The van der Waals surface area contributed by atoms with E-state index in [1.807, 2.05) is 18.2 Å². The van der Waals surface area contributed by atoms with E-state index in [9.17, 15) is 4.79 Å². The van der Waals surface area contributed by atoms with Gasteiger partial charge in [0.25, 0.3) is 0 Å². The number of carbonyl (C=O) groups excluding carboxylic acids is 1. The molecule has 1 amide bonds. The normalized spacial score (nSPS) is 10.2. The lowest BCUT2D eigenvalue weighted by Crippen LogP contribution is -2.29. The third kappa shape index (κ3) is 3.31. The van der Waals surface area contributed by atoms with Gasteiger partial charge in [0.2, 0.25) is 5.91 Å². The highest BCUT2D eigenvalue weighted by Crippen LogP contribution is 2.10. The fourth-order valence-corrected chi connectivity index (χ4v) is 1.59. The number of carbonyl (C=O) groups is 1. The first-order chi connectivity index (χ1) is 8.75. The van der Waals surface area contributed by atoms with Crippen LogP contribution in [0.3, 0.4) is 0 Å². The van der Waals surface area contributed by atoms with Gasteiger partial charge in [-0.1, -0.05) is 23.4 Å². The number of rotatable bonds is 5. The molecule has 0 aliphatic heterocycles. The maximum Gasteiger partial charge on any atom is 0.224 e. The molecule has 1 aromatic heterocycles. The predicted octanol–water partition coefficient (Wildman–Crippen LogP) is 0.219. The third-order valence-electron chi connectivity index (χ3n) is 2.54. The summed E-state index contributed by atoms with van der Waals surface area (Å²) < 4.78 is 1.66. The van der Waals surface area contributed by atoms with Crippen LogP contribution in [0, 0.1) is 0 Å². The summed E-state index contributed by atoms with van der Waals surface area (Å²) in [5, 5.41) is 10.3. The van der Waals surface area contributed by atoms with Crippen LogP contribution in [-0.4, -0.2) is 27.4 Å². The quantitative estimate of drug-likeness (QED) is 0.738. The highest BCUT2D eigenvalue weighted by atomic mass is 16.1. The minimum atomic E-state index is -0.0481. The number of nitrogen functional groups attached to an aromatic ring is 1. The van der Waals surface area contributed by atoms with Crippen LogP contribution in [0.25, 0.3) is 0 Å². The first kappa shape index (κ1) is 12.1. The molecular weight excluding hydrogens is 230 g/mol. The van der Waals surface area contributed by atoms with Gasteiger partial charge in [-0.2, -0.15) is 0 Å². The molecule has 2 rings (SSSR count). The molecule has 3 N–H and O–H groups in total. The number of hydrogen-bond acceptors (Lipinski definition) is 4. The number of amides is 1. The van der Waals surface area contributed by atoms with Crippen molar-refractivity contribution in [1.82, 2.24) is 20.3 Å². The zero-order valence-corrected chi connectivity index (χ0v) is 9.91. The molecule has 0 atom stereocenters. The van der Waals surface area contributed by atoms with Gasteiger partial charge in [-0.15, -0.1) is 5.10 Å². The average Bonchev–Trinajstić information content (AvgIpc) is 2.85. The van der Waals surface area contributed by atoms with Crippen molar-refractivity contribution in [1.29, 1.82) is 0 Å². The summed E-state index contributed by atoms with van der Waals surface area (Å²) in [6.07, 6.45) is 3.65. The van der Waals surface area contributed by atoms with Gasteiger partial charge in [-0.05, 0) is 11.6 Å². The van der Waals surface area contributed by atoms with Gasteiger partial charge in [0.05, 0.1) is 19.2 Å². The third-order valence-corrected chi connectivity index (χ3v) is 2.54. The van der Waals surface area contributed by atoms with Crippen molar-refractivity contribution in [3.05, 3.63) is 42.2 Å². The van der Waals surface area contributed by atoms with E-state index >= 15 is 0 Å². The maximum atomic E-state index is 11.7. The number of hydrogen-bond donors (Lipinski definition) is 2. The highest BCUT2D eigenvalue weighted by Gasteiger charge is 2.05. The molecule has 0 aliphatic carbocycles. The van der Waals surface area contributed by atoms with Crippen LogP contribution in [-0.2, 0) is 17.8 Å². The summed E-state index contributed by atoms with van der Waals surface area (Å²) in [6, 6.07) is 7.36. The van der Waals surface area contributed by atoms with E-state index in [4.69, 9.17) is 5.73 Å². The van der Waals surface area contributed by atoms with Crippen molar-refractivity contribution in [2.24, 2.45) is 0 Å². The largest absolute Gasteiger partial charge is 0.398 e. The van der Waals surface area contributed by atoms with E-state index in [2.05, 4.69) is 15.6 Å². The Balaban J connectivity index is 1.77. The van der Waals surface area contributed by atoms with Crippen LogP contribution in [0.15, 0.2) is 36.7 Å². The van der Waals surface area contributed by atoms with Crippen LogP contribution in [0.1, 0.15) is 5.56 Å². The molecule has 18 heavy (non-hydrogen) atoms. The molecule has 1 aromatic carbocycles. The van der Waals surface area contributed by atoms with Crippen LogP contribution in [0.4, 0.5) is 5.69 Å². The van der Waals surface area contributed by atoms with Crippen molar-refractivity contribution in [2.45, 2.75) is 13.0 Å². The van der Waals surface area contributed by atoms with Crippen LogP contribution < -0.4 is 11.1 Å². The van der Waals surface area contributed by atoms with Crippen LogP contribution in [0.5, 0.6) is 0 Å². The molecule has 0 saturated heterocycles. The second-order valence-electron chi connectivity index (χ2n) is 3.89. The molecule has 0 aliphatic rings. The lowest BCUT2D eigenvalue weighted by atomic mass is 10.1. The highest BCUT2D eigenvalue weighted by molar-refractivity contribution is 5.80. The van der Waals surface area contributed by atoms with Crippen molar-refractivity contribution in [3.8, 4) is 0 Å². The molecule has 0 radical (unpaired) electrons.